The predicted molar refractivity (Wildman–Crippen MR) is 141 cm³/mol. The molecule has 0 spiro atoms. The van der Waals surface area contributed by atoms with E-state index in [2.05, 4.69) is 5.32 Å². The summed E-state index contributed by atoms with van der Waals surface area (Å²) in [7, 11) is 0. The lowest BCUT2D eigenvalue weighted by molar-refractivity contribution is -0.130. The third-order valence-corrected chi connectivity index (χ3v) is 6.87. The fourth-order valence-electron chi connectivity index (χ4n) is 4.32. The van der Waals surface area contributed by atoms with E-state index in [1.54, 1.807) is 29.2 Å². The summed E-state index contributed by atoms with van der Waals surface area (Å²) >= 11 is 11.7. The first kappa shape index (κ1) is 24.1. The van der Waals surface area contributed by atoms with Gasteiger partial charge >= 0.3 is 0 Å². The van der Waals surface area contributed by atoms with Gasteiger partial charge in [0, 0.05) is 23.8 Å². The molecule has 0 aromatic heterocycles. The van der Waals surface area contributed by atoms with Crippen LogP contribution in [0.25, 0.3) is 0 Å². The van der Waals surface area contributed by atoms with Crippen LogP contribution < -0.4 is 14.8 Å². The number of hydrogen-bond acceptors (Lipinski definition) is 5. The number of rotatable bonds is 8. The maximum atomic E-state index is 13.5. The van der Waals surface area contributed by atoms with Crippen molar-refractivity contribution in [1.82, 2.24) is 9.80 Å². The van der Waals surface area contributed by atoms with Crippen LogP contribution in [0.5, 0.6) is 11.5 Å². The topological polar surface area (TPSA) is 71.1 Å². The predicted octanol–water partition coefficient (Wildman–Crippen LogP) is 4.64. The fourth-order valence-corrected chi connectivity index (χ4v) is 4.82. The van der Waals surface area contributed by atoms with E-state index in [1.807, 2.05) is 53.4 Å². The van der Waals surface area contributed by atoms with Crippen molar-refractivity contribution in [3.05, 3.63) is 88.9 Å². The molecule has 7 nitrogen and oxygen atoms in total. The van der Waals surface area contributed by atoms with Gasteiger partial charge in [0.1, 0.15) is 6.04 Å². The van der Waals surface area contributed by atoms with Crippen LogP contribution in [0.1, 0.15) is 17.5 Å². The number of benzene rings is 3. The summed E-state index contributed by atoms with van der Waals surface area (Å²) in [6.45, 7) is 0.983. The lowest BCUT2D eigenvalue weighted by Gasteiger charge is -2.24. The fraction of sp³-hybridized carbons (Fsp3) is 0.222. The van der Waals surface area contributed by atoms with Gasteiger partial charge in [-0.1, -0.05) is 48.0 Å². The van der Waals surface area contributed by atoms with E-state index in [9.17, 15) is 9.59 Å². The van der Waals surface area contributed by atoms with Crippen LogP contribution in [-0.2, 0) is 22.6 Å². The van der Waals surface area contributed by atoms with Crippen molar-refractivity contribution >= 4 is 46.4 Å². The van der Waals surface area contributed by atoms with Gasteiger partial charge in [-0.25, -0.2) is 0 Å². The Morgan fingerprint density at radius 2 is 1.75 bits per heavy atom. The third kappa shape index (κ3) is 5.29. The molecule has 2 amide bonds. The highest BCUT2D eigenvalue weighted by molar-refractivity contribution is 7.80. The summed E-state index contributed by atoms with van der Waals surface area (Å²) < 4.78 is 10.9. The van der Waals surface area contributed by atoms with Crippen molar-refractivity contribution in [3.63, 3.8) is 0 Å². The molecule has 1 atom stereocenters. The van der Waals surface area contributed by atoms with Crippen molar-refractivity contribution in [3.8, 4) is 11.5 Å². The smallest absolute Gasteiger partial charge is 0.252 e. The van der Waals surface area contributed by atoms with Gasteiger partial charge in [0.2, 0.25) is 12.7 Å². The van der Waals surface area contributed by atoms with E-state index in [1.165, 1.54) is 0 Å². The van der Waals surface area contributed by atoms with Crippen molar-refractivity contribution in [2.45, 2.75) is 25.4 Å². The van der Waals surface area contributed by atoms with E-state index >= 15 is 0 Å². The summed E-state index contributed by atoms with van der Waals surface area (Å²) in [5, 5.41) is 3.84. The summed E-state index contributed by atoms with van der Waals surface area (Å²) in [5.74, 6) is 0.881. The Balaban J connectivity index is 1.34. The zero-order valence-electron chi connectivity index (χ0n) is 19.4. The third-order valence-electron chi connectivity index (χ3n) is 6.17. The number of amides is 2. The molecular formula is C27H24ClN3O4S. The second kappa shape index (κ2) is 10.6. The van der Waals surface area contributed by atoms with Gasteiger partial charge in [0.15, 0.2) is 16.6 Å². The van der Waals surface area contributed by atoms with Gasteiger partial charge in [-0.2, -0.15) is 0 Å². The van der Waals surface area contributed by atoms with Crippen LogP contribution in [0.2, 0.25) is 5.02 Å². The van der Waals surface area contributed by atoms with Crippen LogP contribution in [0.3, 0.4) is 0 Å². The lowest BCUT2D eigenvalue weighted by Crippen LogP contribution is -2.37. The minimum absolute atomic E-state index is 0.0337. The average molecular weight is 522 g/mol. The quantitative estimate of drug-likeness (QED) is 0.436. The number of anilines is 1. The maximum Gasteiger partial charge on any atom is 0.252 e. The second-order valence-electron chi connectivity index (χ2n) is 8.60. The number of halogens is 1. The lowest BCUT2D eigenvalue weighted by atomic mass is 10.1. The molecule has 0 aliphatic carbocycles. The highest BCUT2D eigenvalue weighted by Crippen LogP contribution is 2.34. The molecule has 0 saturated carbocycles. The normalized spacial score (nSPS) is 16.5. The first-order chi connectivity index (χ1) is 17.5. The van der Waals surface area contributed by atoms with Crippen molar-refractivity contribution in [2.24, 2.45) is 0 Å². The first-order valence-corrected chi connectivity index (χ1v) is 12.4. The van der Waals surface area contributed by atoms with Gasteiger partial charge in [0.05, 0.1) is 6.42 Å². The highest BCUT2D eigenvalue weighted by Gasteiger charge is 2.43. The molecule has 2 heterocycles. The molecule has 3 aromatic carbocycles. The molecule has 0 radical (unpaired) electrons. The monoisotopic (exact) mass is 521 g/mol. The van der Waals surface area contributed by atoms with Crippen LogP contribution in [0, 0.1) is 0 Å². The van der Waals surface area contributed by atoms with Gasteiger partial charge in [0.25, 0.3) is 5.91 Å². The number of carbonyl (C=O) groups is 2. The molecule has 2 aliphatic rings. The van der Waals surface area contributed by atoms with E-state index in [0.717, 1.165) is 11.1 Å². The standard InChI is InChI=1S/C27H24ClN3O4S/c28-20-7-9-21(10-8-20)29-25(32)15-22-26(33)30(13-12-18-4-2-1-3-5-18)27(36)31(22)16-19-6-11-23-24(14-19)35-17-34-23/h1-11,14,22H,12-13,15-17H2,(H,29,32). The zero-order chi connectivity index (χ0) is 25.1. The van der Waals surface area contributed by atoms with E-state index in [4.69, 9.17) is 33.3 Å². The van der Waals surface area contributed by atoms with Crippen LogP contribution in [-0.4, -0.2) is 46.1 Å². The Bertz CT molecular complexity index is 1290. The Kier molecular flexibility index (Phi) is 7.06. The van der Waals surface area contributed by atoms with Gasteiger partial charge < -0.3 is 19.7 Å². The van der Waals surface area contributed by atoms with Gasteiger partial charge in [-0.15, -0.1) is 0 Å². The van der Waals surface area contributed by atoms with Crippen molar-refractivity contribution in [2.75, 3.05) is 18.7 Å². The van der Waals surface area contributed by atoms with E-state index in [-0.39, 0.29) is 25.0 Å². The molecule has 36 heavy (non-hydrogen) atoms. The second-order valence-corrected chi connectivity index (χ2v) is 9.40. The number of carbonyl (C=O) groups excluding carboxylic acids is 2. The number of thiocarbonyl (C=S) groups is 1. The van der Waals surface area contributed by atoms with E-state index in [0.29, 0.717) is 46.8 Å². The minimum Gasteiger partial charge on any atom is -0.454 e. The number of hydrogen-bond donors (Lipinski definition) is 1. The summed E-state index contributed by atoms with van der Waals surface area (Å²) in [6.07, 6.45) is 0.627. The Morgan fingerprint density at radius 3 is 2.53 bits per heavy atom. The Morgan fingerprint density at radius 1 is 1.00 bits per heavy atom. The van der Waals surface area contributed by atoms with E-state index < -0.39 is 6.04 Å². The average Bonchev–Trinajstić information content (AvgIpc) is 3.43. The molecular weight excluding hydrogens is 498 g/mol. The number of nitrogens with zero attached hydrogens (tertiary/aromatic N) is 2. The molecule has 1 unspecified atom stereocenters. The van der Waals surface area contributed by atoms with Gasteiger partial charge in [-0.3, -0.25) is 14.5 Å². The molecule has 0 bridgehead atoms. The summed E-state index contributed by atoms with van der Waals surface area (Å²) in [6, 6.07) is 21.7. The zero-order valence-corrected chi connectivity index (χ0v) is 20.9. The van der Waals surface area contributed by atoms with Crippen molar-refractivity contribution < 1.29 is 19.1 Å². The highest BCUT2D eigenvalue weighted by atomic mass is 35.5. The molecule has 2 aliphatic heterocycles. The van der Waals surface area contributed by atoms with Gasteiger partial charge in [-0.05, 0) is 66.2 Å². The SMILES string of the molecule is O=C(CC1C(=O)N(CCc2ccccc2)C(=S)N1Cc1ccc2c(c1)OCO2)Nc1ccc(Cl)cc1. The van der Waals surface area contributed by atoms with Crippen LogP contribution >= 0.6 is 23.8 Å². The number of ether oxygens (including phenoxy) is 2. The van der Waals surface area contributed by atoms with Crippen LogP contribution in [0.4, 0.5) is 5.69 Å². The minimum atomic E-state index is -0.717. The molecule has 5 rings (SSSR count). The van der Waals surface area contributed by atoms with Crippen molar-refractivity contribution in [1.29, 1.82) is 0 Å². The van der Waals surface area contributed by atoms with Crippen LogP contribution in [0.15, 0.2) is 72.8 Å². The summed E-state index contributed by atoms with van der Waals surface area (Å²) in [4.78, 5) is 29.9. The molecule has 1 saturated heterocycles. The molecule has 1 fully saturated rings. The Labute approximate surface area is 219 Å². The molecule has 184 valence electrons. The summed E-state index contributed by atoms with van der Waals surface area (Å²) in [5.41, 5.74) is 2.63. The number of nitrogens with one attached hydrogen (secondary N) is 1. The molecule has 1 N–H and O–H groups in total. The maximum absolute atomic E-state index is 13.5. The molecule has 9 heteroatoms. The largest absolute Gasteiger partial charge is 0.454 e. The Hall–Kier alpha value is -3.62. The first-order valence-electron chi connectivity index (χ1n) is 11.6. The molecule has 3 aromatic rings. The number of fused-ring (bicyclic) bond motifs is 1.